The maximum atomic E-state index is 11.9. The summed E-state index contributed by atoms with van der Waals surface area (Å²) in [5.41, 5.74) is -0.167. The second kappa shape index (κ2) is 5.36. The van der Waals surface area contributed by atoms with Crippen molar-refractivity contribution in [1.82, 2.24) is 4.31 Å². The molecule has 7 heteroatoms. The predicted molar refractivity (Wildman–Crippen MR) is 65.4 cm³/mol. The van der Waals surface area contributed by atoms with Crippen molar-refractivity contribution in [1.29, 1.82) is 0 Å². The van der Waals surface area contributed by atoms with Gasteiger partial charge in [0.2, 0.25) is 10.0 Å². The van der Waals surface area contributed by atoms with Gasteiger partial charge in [-0.25, -0.2) is 17.5 Å². The molecule has 0 bridgehead atoms. The van der Waals surface area contributed by atoms with Crippen molar-refractivity contribution in [3.63, 3.8) is 0 Å². The molecule has 0 aliphatic carbocycles. The van der Waals surface area contributed by atoms with Crippen LogP contribution in [0.5, 0.6) is 5.75 Å². The standard InChI is InChI=1S/C11H15NO5S/c1-4-17-10-6-5-8(7-9(10)11(13)14)18(15,16)12(2)3/h5-7H,4H2,1-3H3,(H,13,14). The molecular weight excluding hydrogens is 258 g/mol. The Hall–Kier alpha value is -1.60. The minimum Gasteiger partial charge on any atom is -0.493 e. The number of ether oxygens (including phenoxy) is 1. The third-order valence-electron chi connectivity index (χ3n) is 2.26. The van der Waals surface area contributed by atoms with Crippen LogP contribution in [0.2, 0.25) is 0 Å². The maximum absolute atomic E-state index is 11.9. The van der Waals surface area contributed by atoms with E-state index in [1.54, 1.807) is 6.92 Å². The number of aromatic carboxylic acids is 1. The Morgan fingerprint density at radius 2 is 2.00 bits per heavy atom. The van der Waals surface area contributed by atoms with Gasteiger partial charge in [-0.15, -0.1) is 0 Å². The molecule has 0 heterocycles. The van der Waals surface area contributed by atoms with Crippen molar-refractivity contribution < 1.29 is 23.1 Å². The van der Waals surface area contributed by atoms with E-state index in [2.05, 4.69) is 0 Å². The van der Waals surface area contributed by atoms with Crippen LogP contribution in [-0.2, 0) is 10.0 Å². The van der Waals surface area contributed by atoms with E-state index in [9.17, 15) is 13.2 Å². The summed E-state index contributed by atoms with van der Waals surface area (Å²) in [5, 5.41) is 9.03. The molecular formula is C11H15NO5S. The number of carbonyl (C=O) groups is 1. The zero-order valence-corrected chi connectivity index (χ0v) is 11.2. The van der Waals surface area contributed by atoms with Crippen LogP contribution in [0.3, 0.4) is 0 Å². The van der Waals surface area contributed by atoms with Crippen molar-refractivity contribution in [2.75, 3.05) is 20.7 Å². The fourth-order valence-electron chi connectivity index (χ4n) is 1.33. The summed E-state index contributed by atoms with van der Waals surface area (Å²) in [6.45, 7) is 2.02. The van der Waals surface area contributed by atoms with Crippen LogP contribution in [0.25, 0.3) is 0 Å². The minimum absolute atomic E-state index is 0.0756. The van der Waals surface area contributed by atoms with E-state index in [-0.39, 0.29) is 16.2 Å². The minimum atomic E-state index is -3.65. The molecule has 18 heavy (non-hydrogen) atoms. The van der Waals surface area contributed by atoms with Crippen LogP contribution in [0, 0.1) is 0 Å². The molecule has 0 aromatic heterocycles. The molecule has 0 unspecified atom stereocenters. The van der Waals surface area contributed by atoms with E-state index in [4.69, 9.17) is 9.84 Å². The van der Waals surface area contributed by atoms with Gasteiger partial charge < -0.3 is 9.84 Å². The first-order chi connectivity index (χ1) is 8.30. The van der Waals surface area contributed by atoms with Gasteiger partial charge in [0, 0.05) is 14.1 Å². The number of hydrogen-bond donors (Lipinski definition) is 1. The molecule has 0 fully saturated rings. The quantitative estimate of drug-likeness (QED) is 0.866. The Bertz CT molecular complexity index is 551. The summed E-state index contributed by atoms with van der Waals surface area (Å²) in [7, 11) is -0.888. The largest absolute Gasteiger partial charge is 0.493 e. The summed E-state index contributed by atoms with van der Waals surface area (Å²) >= 11 is 0. The molecule has 0 atom stereocenters. The lowest BCUT2D eigenvalue weighted by molar-refractivity contribution is 0.0692. The fraction of sp³-hybridized carbons (Fsp3) is 0.364. The van der Waals surface area contributed by atoms with Gasteiger partial charge in [-0.05, 0) is 25.1 Å². The van der Waals surface area contributed by atoms with Crippen LogP contribution in [0.4, 0.5) is 0 Å². The van der Waals surface area contributed by atoms with Gasteiger partial charge in [-0.3, -0.25) is 0 Å². The molecule has 0 aliphatic heterocycles. The number of rotatable bonds is 5. The fourth-order valence-corrected chi connectivity index (χ4v) is 2.26. The predicted octanol–water partition coefficient (Wildman–Crippen LogP) is 1.03. The number of carboxylic acid groups (broad SMARTS) is 1. The van der Waals surface area contributed by atoms with Crippen molar-refractivity contribution >= 4 is 16.0 Å². The van der Waals surface area contributed by atoms with Gasteiger partial charge in [-0.1, -0.05) is 0 Å². The second-order valence-electron chi connectivity index (χ2n) is 3.68. The van der Waals surface area contributed by atoms with Crippen molar-refractivity contribution in [2.45, 2.75) is 11.8 Å². The van der Waals surface area contributed by atoms with Gasteiger partial charge in [0.1, 0.15) is 11.3 Å². The lowest BCUT2D eigenvalue weighted by Crippen LogP contribution is -2.22. The molecule has 100 valence electrons. The number of carboxylic acids is 1. The lowest BCUT2D eigenvalue weighted by atomic mass is 10.2. The average Bonchev–Trinajstić information content (AvgIpc) is 2.29. The zero-order chi connectivity index (χ0) is 13.9. The van der Waals surface area contributed by atoms with Crippen molar-refractivity contribution in [3.8, 4) is 5.75 Å². The Kier molecular flexibility index (Phi) is 4.31. The molecule has 0 saturated heterocycles. The van der Waals surface area contributed by atoms with Crippen LogP contribution in [-0.4, -0.2) is 44.5 Å². The molecule has 1 N–H and O–H groups in total. The van der Waals surface area contributed by atoms with Gasteiger partial charge in [0.05, 0.1) is 11.5 Å². The Labute approximate surface area is 106 Å². The Morgan fingerprint density at radius 1 is 1.39 bits per heavy atom. The summed E-state index contributed by atoms with van der Waals surface area (Å²) in [6.07, 6.45) is 0. The first kappa shape index (κ1) is 14.5. The number of hydrogen-bond acceptors (Lipinski definition) is 4. The lowest BCUT2D eigenvalue weighted by Gasteiger charge is -2.13. The highest BCUT2D eigenvalue weighted by Crippen LogP contribution is 2.24. The smallest absolute Gasteiger partial charge is 0.339 e. The normalized spacial score (nSPS) is 11.6. The molecule has 0 amide bonds. The monoisotopic (exact) mass is 273 g/mol. The molecule has 0 aliphatic rings. The van der Waals surface area contributed by atoms with E-state index in [1.165, 1.54) is 26.2 Å². The molecule has 6 nitrogen and oxygen atoms in total. The third-order valence-corrected chi connectivity index (χ3v) is 4.07. The zero-order valence-electron chi connectivity index (χ0n) is 10.4. The molecule has 0 saturated carbocycles. The Morgan fingerprint density at radius 3 is 2.44 bits per heavy atom. The highest BCUT2D eigenvalue weighted by Gasteiger charge is 2.21. The van der Waals surface area contributed by atoms with E-state index >= 15 is 0 Å². The number of benzene rings is 1. The van der Waals surface area contributed by atoms with Crippen molar-refractivity contribution in [3.05, 3.63) is 23.8 Å². The molecule has 0 radical (unpaired) electrons. The van der Waals surface area contributed by atoms with E-state index in [1.807, 2.05) is 0 Å². The first-order valence-electron chi connectivity index (χ1n) is 5.23. The van der Waals surface area contributed by atoms with Crippen LogP contribution in [0.1, 0.15) is 17.3 Å². The molecule has 0 spiro atoms. The third kappa shape index (κ3) is 2.80. The highest BCUT2D eigenvalue weighted by molar-refractivity contribution is 7.89. The Balaban J connectivity index is 3.36. The van der Waals surface area contributed by atoms with E-state index in [0.29, 0.717) is 6.61 Å². The van der Waals surface area contributed by atoms with Crippen LogP contribution in [0.15, 0.2) is 23.1 Å². The molecule has 1 rings (SSSR count). The van der Waals surface area contributed by atoms with E-state index < -0.39 is 16.0 Å². The van der Waals surface area contributed by atoms with Gasteiger partial charge in [-0.2, -0.15) is 0 Å². The van der Waals surface area contributed by atoms with Crippen LogP contribution < -0.4 is 4.74 Å². The molecule has 1 aromatic rings. The SMILES string of the molecule is CCOc1ccc(S(=O)(=O)N(C)C)cc1C(=O)O. The summed E-state index contributed by atoms with van der Waals surface area (Å²) in [4.78, 5) is 11.0. The summed E-state index contributed by atoms with van der Waals surface area (Å²) in [5.74, 6) is -1.07. The first-order valence-corrected chi connectivity index (χ1v) is 6.67. The molecule has 1 aromatic carbocycles. The summed E-state index contributed by atoms with van der Waals surface area (Å²) in [6, 6.07) is 3.78. The van der Waals surface area contributed by atoms with Gasteiger partial charge in [0.15, 0.2) is 0 Å². The van der Waals surface area contributed by atoms with Gasteiger partial charge in [0.25, 0.3) is 0 Å². The summed E-state index contributed by atoms with van der Waals surface area (Å²) < 4.78 is 29.9. The second-order valence-corrected chi connectivity index (χ2v) is 5.84. The van der Waals surface area contributed by atoms with Crippen molar-refractivity contribution in [2.24, 2.45) is 0 Å². The number of nitrogens with zero attached hydrogens (tertiary/aromatic N) is 1. The van der Waals surface area contributed by atoms with Gasteiger partial charge >= 0.3 is 5.97 Å². The van der Waals surface area contributed by atoms with Crippen LogP contribution >= 0.6 is 0 Å². The topological polar surface area (TPSA) is 83.9 Å². The number of sulfonamides is 1. The average molecular weight is 273 g/mol. The highest BCUT2D eigenvalue weighted by atomic mass is 32.2. The van der Waals surface area contributed by atoms with E-state index in [0.717, 1.165) is 10.4 Å². The maximum Gasteiger partial charge on any atom is 0.339 e.